The van der Waals surface area contributed by atoms with Crippen molar-refractivity contribution < 1.29 is 31.1 Å². The van der Waals surface area contributed by atoms with E-state index in [-0.39, 0.29) is 19.9 Å². The number of hydrogen-bond acceptors (Lipinski definition) is 6. The maximum absolute atomic E-state index is 13.1. The van der Waals surface area contributed by atoms with Gasteiger partial charge in [0.15, 0.2) is 11.5 Å². The Bertz CT molecular complexity index is 987. The molecule has 1 heterocycles. The van der Waals surface area contributed by atoms with E-state index < -0.39 is 46.0 Å². The van der Waals surface area contributed by atoms with Crippen LogP contribution in [0.2, 0.25) is 10.0 Å². The van der Waals surface area contributed by atoms with E-state index >= 15 is 0 Å². The van der Waals surface area contributed by atoms with Gasteiger partial charge in [-0.05, 0) is 17.7 Å². The van der Waals surface area contributed by atoms with Crippen LogP contribution in [0.4, 0.5) is 19.0 Å². The summed E-state index contributed by atoms with van der Waals surface area (Å²) in [5.41, 5.74) is -0.665. The molecular weight excluding hydrogens is 446 g/mol. The molecule has 0 radical (unpaired) electrons. The standard InChI is InChI=1S/C15H12Cl2F3N3O4S/c1-27-14(24)12-13(22-5-4-21-12)23(8-15(18,19)20)28(25,26)7-9-2-3-10(16)6-11(9)17/h2-6H,7-8H2,1H3. The van der Waals surface area contributed by atoms with Crippen LogP contribution in [0.3, 0.4) is 0 Å². The number of rotatable bonds is 6. The number of hydrogen-bond donors (Lipinski definition) is 0. The fourth-order valence-electron chi connectivity index (χ4n) is 2.13. The first kappa shape index (κ1) is 22.2. The number of carbonyl (C=O) groups excluding carboxylic acids is 1. The van der Waals surface area contributed by atoms with E-state index in [0.717, 1.165) is 19.5 Å². The van der Waals surface area contributed by atoms with Crippen LogP contribution in [0.5, 0.6) is 0 Å². The predicted molar refractivity (Wildman–Crippen MR) is 95.9 cm³/mol. The van der Waals surface area contributed by atoms with Gasteiger partial charge in [-0.3, -0.25) is 0 Å². The Hall–Kier alpha value is -2.11. The molecule has 1 aromatic heterocycles. The summed E-state index contributed by atoms with van der Waals surface area (Å²) in [6.45, 7) is -1.93. The molecule has 1 aromatic carbocycles. The molecule has 0 spiro atoms. The second-order valence-corrected chi connectivity index (χ2v) is 8.07. The SMILES string of the molecule is COC(=O)c1nccnc1N(CC(F)(F)F)S(=O)(=O)Cc1ccc(Cl)cc1Cl. The second-order valence-electron chi connectivity index (χ2n) is 5.33. The lowest BCUT2D eigenvalue weighted by Crippen LogP contribution is -2.41. The Labute approximate surface area is 168 Å². The highest BCUT2D eigenvalue weighted by Gasteiger charge is 2.39. The van der Waals surface area contributed by atoms with Crippen LogP contribution in [-0.4, -0.2) is 44.2 Å². The zero-order valence-corrected chi connectivity index (χ0v) is 16.4. The third-order valence-corrected chi connectivity index (χ3v) is 5.54. The molecule has 0 aliphatic rings. The van der Waals surface area contributed by atoms with Gasteiger partial charge in [-0.15, -0.1) is 0 Å². The quantitative estimate of drug-likeness (QED) is 0.616. The maximum atomic E-state index is 13.1. The lowest BCUT2D eigenvalue weighted by atomic mass is 10.2. The van der Waals surface area contributed by atoms with Gasteiger partial charge >= 0.3 is 12.1 Å². The molecule has 0 amide bonds. The first-order valence-corrected chi connectivity index (χ1v) is 9.71. The van der Waals surface area contributed by atoms with E-state index in [1.54, 1.807) is 0 Å². The fraction of sp³-hybridized carbons (Fsp3) is 0.267. The molecule has 0 saturated carbocycles. The predicted octanol–water partition coefficient (Wildman–Crippen LogP) is 3.47. The number of methoxy groups -OCH3 is 1. The first-order valence-electron chi connectivity index (χ1n) is 7.35. The van der Waals surface area contributed by atoms with Gasteiger partial charge in [0, 0.05) is 22.4 Å². The van der Waals surface area contributed by atoms with Gasteiger partial charge in [0.05, 0.1) is 12.9 Å². The summed E-state index contributed by atoms with van der Waals surface area (Å²) in [5, 5.41) is 0.176. The summed E-state index contributed by atoms with van der Waals surface area (Å²) >= 11 is 11.7. The molecule has 0 aliphatic carbocycles. The van der Waals surface area contributed by atoms with Crippen LogP contribution in [-0.2, 0) is 20.5 Å². The summed E-state index contributed by atoms with van der Waals surface area (Å²) in [7, 11) is -3.72. The molecule has 152 valence electrons. The molecule has 0 atom stereocenters. The van der Waals surface area contributed by atoms with Crippen LogP contribution >= 0.6 is 23.2 Å². The fourth-order valence-corrected chi connectivity index (χ4v) is 4.23. The van der Waals surface area contributed by atoms with Gasteiger partial charge in [0.25, 0.3) is 0 Å². The average molecular weight is 458 g/mol. The highest BCUT2D eigenvalue weighted by molar-refractivity contribution is 7.92. The zero-order chi connectivity index (χ0) is 21.1. The van der Waals surface area contributed by atoms with Gasteiger partial charge < -0.3 is 4.74 Å². The van der Waals surface area contributed by atoms with Gasteiger partial charge in [0.2, 0.25) is 10.0 Å². The van der Waals surface area contributed by atoms with Crippen molar-refractivity contribution in [2.24, 2.45) is 0 Å². The molecular formula is C15H12Cl2F3N3O4S. The average Bonchev–Trinajstić information content (AvgIpc) is 2.60. The van der Waals surface area contributed by atoms with Gasteiger partial charge in [-0.25, -0.2) is 27.5 Å². The molecule has 2 aromatic rings. The third-order valence-electron chi connectivity index (χ3n) is 3.31. The Kier molecular flexibility index (Phi) is 6.73. The number of ether oxygens (including phenoxy) is 1. The number of carbonyl (C=O) groups is 1. The number of benzene rings is 1. The number of nitrogens with zero attached hydrogens (tertiary/aromatic N) is 3. The van der Waals surface area contributed by atoms with Crippen molar-refractivity contribution in [3.8, 4) is 0 Å². The second kappa shape index (κ2) is 8.50. The first-order chi connectivity index (χ1) is 12.9. The minimum atomic E-state index is -4.93. The Morgan fingerprint density at radius 1 is 1.21 bits per heavy atom. The maximum Gasteiger partial charge on any atom is 0.407 e. The largest absolute Gasteiger partial charge is 0.464 e. The van der Waals surface area contributed by atoms with Gasteiger partial charge in [-0.2, -0.15) is 13.2 Å². The highest BCUT2D eigenvalue weighted by Crippen LogP contribution is 2.29. The highest BCUT2D eigenvalue weighted by atomic mass is 35.5. The monoisotopic (exact) mass is 457 g/mol. The van der Waals surface area contributed by atoms with Crippen molar-refractivity contribution in [3.05, 3.63) is 51.9 Å². The van der Waals surface area contributed by atoms with E-state index in [4.69, 9.17) is 23.2 Å². The number of halogens is 5. The molecule has 0 unspecified atom stereocenters. The van der Waals surface area contributed by atoms with Crippen LogP contribution in [0.1, 0.15) is 16.1 Å². The third kappa shape index (κ3) is 5.46. The molecule has 28 heavy (non-hydrogen) atoms. The van der Waals surface area contributed by atoms with Gasteiger partial charge in [0.1, 0.15) is 6.54 Å². The van der Waals surface area contributed by atoms with Crippen LogP contribution in [0, 0.1) is 0 Å². The Morgan fingerprint density at radius 3 is 2.43 bits per heavy atom. The molecule has 0 bridgehead atoms. The molecule has 0 saturated heterocycles. The van der Waals surface area contributed by atoms with Gasteiger partial charge in [-0.1, -0.05) is 29.3 Å². The number of anilines is 1. The van der Waals surface area contributed by atoms with Crippen LogP contribution in [0.15, 0.2) is 30.6 Å². The Balaban J connectivity index is 2.56. The number of alkyl halides is 3. The topological polar surface area (TPSA) is 89.5 Å². The zero-order valence-electron chi connectivity index (χ0n) is 14.1. The summed E-state index contributed by atoms with van der Waals surface area (Å²) in [6.07, 6.45) is -2.96. The smallest absolute Gasteiger partial charge is 0.407 e. The summed E-state index contributed by atoms with van der Waals surface area (Å²) in [5.74, 6) is -2.84. The van der Waals surface area contributed by atoms with Crippen LogP contribution in [0.25, 0.3) is 0 Å². The van der Waals surface area contributed by atoms with Crippen molar-refractivity contribution in [1.82, 2.24) is 9.97 Å². The molecule has 0 fully saturated rings. The number of aromatic nitrogens is 2. The number of sulfonamides is 1. The minimum absolute atomic E-state index is 0.0155. The molecule has 0 aliphatic heterocycles. The minimum Gasteiger partial charge on any atom is -0.464 e. The Morgan fingerprint density at radius 2 is 1.86 bits per heavy atom. The molecule has 13 heteroatoms. The number of esters is 1. The van der Waals surface area contributed by atoms with Crippen molar-refractivity contribution in [2.45, 2.75) is 11.9 Å². The normalized spacial score (nSPS) is 11.9. The lowest BCUT2D eigenvalue weighted by molar-refractivity contribution is -0.117. The van der Waals surface area contributed by atoms with Crippen molar-refractivity contribution in [2.75, 3.05) is 18.0 Å². The summed E-state index contributed by atoms with van der Waals surface area (Å²) < 4.78 is 69.3. The van der Waals surface area contributed by atoms with Crippen molar-refractivity contribution in [3.63, 3.8) is 0 Å². The van der Waals surface area contributed by atoms with Crippen molar-refractivity contribution >= 4 is 45.0 Å². The van der Waals surface area contributed by atoms with Crippen molar-refractivity contribution in [1.29, 1.82) is 0 Å². The van der Waals surface area contributed by atoms with E-state index in [1.165, 1.54) is 18.2 Å². The summed E-state index contributed by atoms with van der Waals surface area (Å²) in [4.78, 5) is 19.0. The van der Waals surface area contributed by atoms with E-state index in [1.807, 2.05) is 0 Å². The summed E-state index contributed by atoms with van der Waals surface area (Å²) in [6, 6.07) is 3.87. The lowest BCUT2D eigenvalue weighted by Gasteiger charge is -2.25. The molecule has 0 N–H and O–H groups in total. The van der Waals surface area contributed by atoms with E-state index in [9.17, 15) is 26.4 Å². The van der Waals surface area contributed by atoms with E-state index in [0.29, 0.717) is 0 Å². The van der Waals surface area contributed by atoms with Crippen LogP contribution < -0.4 is 4.31 Å². The molecule has 7 nitrogen and oxygen atoms in total. The molecule has 2 rings (SSSR count). The van der Waals surface area contributed by atoms with E-state index in [2.05, 4.69) is 14.7 Å².